The minimum Gasteiger partial charge on any atom is -0.497 e. The summed E-state index contributed by atoms with van der Waals surface area (Å²) >= 11 is 4.48. The molecule has 8 nitrogen and oxygen atoms in total. The molecule has 1 saturated heterocycles. The summed E-state index contributed by atoms with van der Waals surface area (Å²) in [5.41, 5.74) is 9.55. The summed E-state index contributed by atoms with van der Waals surface area (Å²) in [5, 5.41) is 7.61. The Bertz CT molecular complexity index is 933. The average molecular weight is 451 g/mol. The zero-order valence-electron chi connectivity index (χ0n) is 15.4. The number of hydrogen-bond acceptors (Lipinski definition) is 10. The van der Waals surface area contributed by atoms with E-state index in [1.165, 1.54) is 28.0 Å². The van der Waals surface area contributed by atoms with Crippen LogP contribution in [-0.2, 0) is 20.9 Å². The summed E-state index contributed by atoms with van der Waals surface area (Å²) in [7, 11) is 1.59. The van der Waals surface area contributed by atoms with Crippen molar-refractivity contribution in [2.75, 3.05) is 18.6 Å². The number of methoxy groups -OCH3 is 1. The molecule has 2 aromatic rings. The lowest BCUT2D eigenvalue weighted by molar-refractivity contribution is -0.151. The van der Waals surface area contributed by atoms with E-state index in [1.807, 2.05) is 12.1 Å². The van der Waals surface area contributed by atoms with E-state index in [0.717, 1.165) is 21.2 Å². The minimum absolute atomic E-state index is 0.106. The molecule has 1 unspecified atom stereocenters. The van der Waals surface area contributed by atoms with Crippen LogP contribution in [0, 0.1) is 0 Å². The van der Waals surface area contributed by atoms with Crippen molar-refractivity contribution < 1.29 is 19.1 Å². The predicted octanol–water partition coefficient (Wildman–Crippen LogP) is 1.88. The smallest absolute Gasteiger partial charge is 0.355 e. The van der Waals surface area contributed by atoms with Gasteiger partial charge < -0.3 is 15.2 Å². The number of hydrogen-bond donors (Lipinski definition) is 1. The Hall–Kier alpha value is -2.08. The van der Waals surface area contributed by atoms with Gasteiger partial charge in [0.1, 0.15) is 35.0 Å². The number of fused-ring (bicyclic) bond motifs is 1. The van der Waals surface area contributed by atoms with Gasteiger partial charge in [0.05, 0.1) is 7.11 Å². The molecule has 2 atom stereocenters. The van der Waals surface area contributed by atoms with Crippen molar-refractivity contribution >= 4 is 46.7 Å². The van der Waals surface area contributed by atoms with Crippen LogP contribution in [0.3, 0.4) is 0 Å². The minimum atomic E-state index is -0.582. The lowest BCUT2D eigenvalue weighted by atomic mass is 10.0. The van der Waals surface area contributed by atoms with Crippen molar-refractivity contribution in [1.82, 2.24) is 15.1 Å². The van der Waals surface area contributed by atoms with Crippen LogP contribution in [0.5, 0.6) is 5.75 Å². The van der Waals surface area contributed by atoms with Crippen LogP contribution >= 0.6 is 34.9 Å². The number of nitrogens with two attached hydrogens (primary N) is 1. The first-order valence-electron chi connectivity index (χ1n) is 8.70. The fourth-order valence-corrected chi connectivity index (χ4v) is 5.91. The highest BCUT2D eigenvalue weighted by molar-refractivity contribution is 8.01. The molecule has 0 spiro atoms. The van der Waals surface area contributed by atoms with Crippen molar-refractivity contribution in [3.8, 4) is 5.75 Å². The lowest BCUT2D eigenvalue weighted by Crippen LogP contribution is -2.68. The zero-order chi connectivity index (χ0) is 20.4. The Labute approximate surface area is 179 Å². The Morgan fingerprint density at radius 1 is 1.38 bits per heavy atom. The Kier molecular flexibility index (Phi) is 6.09. The van der Waals surface area contributed by atoms with Crippen molar-refractivity contribution in [3.05, 3.63) is 46.6 Å². The molecule has 3 heterocycles. The monoisotopic (exact) mass is 450 g/mol. The van der Waals surface area contributed by atoms with Gasteiger partial charge in [-0.25, -0.2) is 4.79 Å². The summed E-state index contributed by atoms with van der Waals surface area (Å²) in [6.45, 7) is 0.106. The van der Waals surface area contributed by atoms with E-state index in [-0.39, 0.29) is 17.9 Å². The molecule has 2 N–H and O–H groups in total. The maximum absolute atomic E-state index is 12.9. The summed E-state index contributed by atoms with van der Waals surface area (Å²) in [6, 6.07) is 6.69. The average Bonchev–Trinajstić information content (AvgIpc) is 3.28. The third kappa shape index (κ3) is 4.13. The highest BCUT2D eigenvalue weighted by Gasteiger charge is 2.52. The molecular formula is C18H18N4O4S3. The Morgan fingerprint density at radius 3 is 2.86 bits per heavy atom. The van der Waals surface area contributed by atoms with Crippen molar-refractivity contribution in [2.45, 2.75) is 22.4 Å². The van der Waals surface area contributed by atoms with Gasteiger partial charge in [-0.15, -0.1) is 22.0 Å². The number of aromatic nitrogens is 2. The predicted molar refractivity (Wildman–Crippen MR) is 112 cm³/mol. The first kappa shape index (κ1) is 20.2. The van der Waals surface area contributed by atoms with Crippen LogP contribution < -0.4 is 10.5 Å². The standard InChI is InChI=1S/C18H18N4O4S3/c1-25-12-4-2-10(3-5-12)6-26-17(24)14-11(8-28-18-21-20-9-29-18)7-27-16-13(19)15(23)22(14)16/h2-5,9,13,16H,6-8,19H2,1H3/t13?,16-/m0/s1. The lowest BCUT2D eigenvalue weighted by Gasteiger charge is -2.48. The molecule has 29 heavy (non-hydrogen) atoms. The molecule has 0 radical (unpaired) electrons. The molecule has 152 valence electrons. The summed E-state index contributed by atoms with van der Waals surface area (Å²) < 4.78 is 11.5. The third-order valence-electron chi connectivity index (χ3n) is 4.52. The van der Waals surface area contributed by atoms with Gasteiger partial charge in [0, 0.05) is 11.5 Å². The number of rotatable bonds is 7. The maximum atomic E-state index is 12.9. The van der Waals surface area contributed by atoms with E-state index >= 15 is 0 Å². The van der Waals surface area contributed by atoms with Crippen molar-refractivity contribution in [3.63, 3.8) is 0 Å². The number of nitrogens with zero attached hydrogens (tertiary/aromatic N) is 3. The van der Waals surface area contributed by atoms with E-state index in [9.17, 15) is 9.59 Å². The number of thioether (sulfide) groups is 2. The SMILES string of the molecule is COc1ccc(COC(=O)C2=C(CSc3nncs3)CS[C@H]3C(N)C(=O)N23)cc1. The summed E-state index contributed by atoms with van der Waals surface area (Å²) in [5.74, 6) is 1.10. The fraction of sp³-hybridized carbons (Fsp3) is 0.333. The third-order valence-corrected chi connectivity index (χ3v) is 7.83. The quantitative estimate of drug-likeness (QED) is 0.384. The van der Waals surface area contributed by atoms with Crippen molar-refractivity contribution in [2.24, 2.45) is 5.73 Å². The molecule has 1 aromatic carbocycles. The number of esters is 1. The van der Waals surface area contributed by atoms with E-state index in [1.54, 1.807) is 36.5 Å². The number of benzene rings is 1. The molecule has 1 amide bonds. The number of carbonyl (C=O) groups is 2. The second kappa shape index (κ2) is 8.74. The van der Waals surface area contributed by atoms with Gasteiger partial charge >= 0.3 is 5.97 Å². The van der Waals surface area contributed by atoms with E-state index < -0.39 is 12.0 Å². The first-order chi connectivity index (χ1) is 14.1. The molecule has 1 aromatic heterocycles. The zero-order valence-corrected chi connectivity index (χ0v) is 17.9. The number of carbonyl (C=O) groups excluding carboxylic acids is 2. The second-order valence-electron chi connectivity index (χ2n) is 6.31. The van der Waals surface area contributed by atoms with Gasteiger partial charge in [-0.3, -0.25) is 9.69 Å². The number of β-lactam (4-membered cyclic amide) rings is 1. The number of ether oxygens (including phenoxy) is 2. The number of amides is 1. The summed E-state index contributed by atoms with van der Waals surface area (Å²) in [6.07, 6.45) is 0. The molecule has 4 rings (SSSR count). The first-order valence-corrected chi connectivity index (χ1v) is 11.6. The highest BCUT2D eigenvalue weighted by atomic mass is 32.2. The van der Waals surface area contributed by atoms with Gasteiger partial charge in [-0.1, -0.05) is 35.2 Å². The topological polar surface area (TPSA) is 108 Å². The molecule has 2 aliphatic heterocycles. The van der Waals surface area contributed by atoms with Crippen molar-refractivity contribution in [1.29, 1.82) is 0 Å². The molecule has 0 saturated carbocycles. The van der Waals surface area contributed by atoms with Gasteiger partial charge in [0.2, 0.25) is 5.91 Å². The maximum Gasteiger partial charge on any atom is 0.355 e. The molecule has 0 bridgehead atoms. The van der Waals surface area contributed by atoms with Gasteiger partial charge in [-0.05, 0) is 23.3 Å². The van der Waals surface area contributed by atoms with E-state index in [0.29, 0.717) is 17.2 Å². The van der Waals surface area contributed by atoms with Gasteiger partial charge in [-0.2, -0.15) is 0 Å². The second-order valence-corrected chi connectivity index (χ2v) is 9.47. The van der Waals surface area contributed by atoms with Crippen LogP contribution in [0.4, 0.5) is 0 Å². The van der Waals surface area contributed by atoms with Crippen LogP contribution in [0.25, 0.3) is 0 Å². The summed E-state index contributed by atoms with van der Waals surface area (Å²) in [4.78, 5) is 26.7. The molecule has 11 heteroatoms. The Balaban J connectivity index is 1.50. The fourth-order valence-electron chi connectivity index (χ4n) is 2.99. The van der Waals surface area contributed by atoms with Crippen LogP contribution in [0.2, 0.25) is 0 Å². The molecule has 1 fully saturated rings. The van der Waals surface area contributed by atoms with E-state index in [4.69, 9.17) is 15.2 Å². The van der Waals surface area contributed by atoms with Crippen LogP contribution in [0.15, 0.2) is 45.4 Å². The van der Waals surface area contributed by atoms with Crippen LogP contribution in [0.1, 0.15) is 5.56 Å². The van der Waals surface area contributed by atoms with Gasteiger partial charge in [0.15, 0.2) is 4.34 Å². The molecular weight excluding hydrogens is 432 g/mol. The van der Waals surface area contributed by atoms with Crippen LogP contribution in [-0.4, -0.2) is 57.0 Å². The highest BCUT2D eigenvalue weighted by Crippen LogP contribution is 2.41. The van der Waals surface area contributed by atoms with Gasteiger partial charge in [0.25, 0.3) is 0 Å². The molecule has 0 aliphatic carbocycles. The largest absolute Gasteiger partial charge is 0.497 e. The normalized spacial score (nSPS) is 20.9. The van der Waals surface area contributed by atoms with E-state index in [2.05, 4.69) is 10.2 Å². The molecule has 2 aliphatic rings. The Morgan fingerprint density at radius 2 is 2.17 bits per heavy atom.